The summed E-state index contributed by atoms with van der Waals surface area (Å²) >= 11 is 5.74. The molecule has 0 radical (unpaired) electrons. The van der Waals surface area contributed by atoms with E-state index in [4.69, 9.17) is 11.6 Å². The predicted octanol–water partition coefficient (Wildman–Crippen LogP) is 1.82. The van der Waals surface area contributed by atoms with Gasteiger partial charge in [0.25, 0.3) is 0 Å². The fourth-order valence-electron chi connectivity index (χ4n) is 2.09. The standard InChI is InChI=1S/C11H12ClN5/c12-7-4-13-11(14-5-7)17-8-1-2-9-10(3-8)16-6-15-9/h4-6,8H,1-3H2,(H,15,16)(H,13,14,17). The number of H-pyrrole nitrogens is 1. The number of aryl methyl sites for hydroxylation is 1. The van der Waals surface area contributed by atoms with Gasteiger partial charge < -0.3 is 10.3 Å². The summed E-state index contributed by atoms with van der Waals surface area (Å²) in [6.45, 7) is 0. The molecule has 2 aromatic heterocycles. The lowest BCUT2D eigenvalue weighted by Gasteiger charge is -2.22. The molecule has 0 fully saturated rings. The molecule has 0 aliphatic heterocycles. The van der Waals surface area contributed by atoms with Crippen LogP contribution in [0.5, 0.6) is 0 Å². The molecule has 0 spiro atoms. The predicted molar refractivity (Wildman–Crippen MR) is 65.1 cm³/mol. The number of halogens is 1. The molecule has 1 aliphatic rings. The monoisotopic (exact) mass is 249 g/mol. The molecule has 0 saturated heterocycles. The van der Waals surface area contributed by atoms with Crippen LogP contribution in [0, 0.1) is 0 Å². The highest BCUT2D eigenvalue weighted by Gasteiger charge is 2.20. The first-order valence-corrected chi connectivity index (χ1v) is 5.94. The molecule has 1 atom stereocenters. The van der Waals surface area contributed by atoms with E-state index < -0.39 is 0 Å². The first-order valence-electron chi connectivity index (χ1n) is 5.56. The summed E-state index contributed by atoms with van der Waals surface area (Å²) in [5, 5.41) is 3.86. The van der Waals surface area contributed by atoms with Crippen LogP contribution in [-0.2, 0) is 12.8 Å². The molecule has 2 aromatic rings. The highest BCUT2D eigenvalue weighted by Crippen LogP contribution is 2.20. The number of rotatable bonds is 2. The SMILES string of the molecule is Clc1cnc(NC2CCc3nc[nH]c3C2)nc1. The zero-order valence-electron chi connectivity index (χ0n) is 9.15. The van der Waals surface area contributed by atoms with Crippen molar-refractivity contribution in [2.24, 2.45) is 0 Å². The van der Waals surface area contributed by atoms with Crippen LogP contribution in [0.15, 0.2) is 18.7 Å². The second-order valence-corrected chi connectivity index (χ2v) is 4.57. The first kappa shape index (κ1) is 10.5. The van der Waals surface area contributed by atoms with Crippen LogP contribution in [0.25, 0.3) is 0 Å². The van der Waals surface area contributed by atoms with Crippen molar-refractivity contribution in [3.63, 3.8) is 0 Å². The van der Waals surface area contributed by atoms with E-state index in [0.717, 1.165) is 19.3 Å². The number of imidazole rings is 1. The summed E-state index contributed by atoms with van der Waals surface area (Å²) in [5.74, 6) is 0.627. The van der Waals surface area contributed by atoms with E-state index >= 15 is 0 Å². The van der Waals surface area contributed by atoms with Crippen LogP contribution in [0.3, 0.4) is 0 Å². The van der Waals surface area contributed by atoms with Crippen molar-refractivity contribution in [1.29, 1.82) is 0 Å². The lowest BCUT2D eigenvalue weighted by atomic mass is 9.96. The summed E-state index contributed by atoms with van der Waals surface area (Å²) in [7, 11) is 0. The maximum atomic E-state index is 5.74. The van der Waals surface area contributed by atoms with Gasteiger partial charge in [0.15, 0.2) is 0 Å². The smallest absolute Gasteiger partial charge is 0.222 e. The highest BCUT2D eigenvalue weighted by atomic mass is 35.5. The average molecular weight is 250 g/mol. The van der Waals surface area contributed by atoms with Gasteiger partial charge in [0.2, 0.25) is 5.95 Å². The Morgan fingerprint density at radius 2 is 2.12 bits per heavy atom. The Labute approximate surface area is 104 Å². The molecule has 88 valence electrons. The molecule has 0 saturated carbocycles. The maximum absolute atomic E-state index is 5.74. The molecule has 2 N–H and O–H groups in total. The topological polar surface area (TPSA) is 66.5 Å². The lowest BCUT2D eigenvalue weighted by Crippen LogP contribution is -2.28. The van der Waals surface area contributed by atoms with Crippen LogP contribution in [-0.4, -0.2) is 26.0 Å². The second-order valence-electron chi connectivity index (χ2n) is 4.14. The Hall–Kier alpha value is -1.62. The molecular formula is C11H12ClN5. The maximum Gasteiger partial charge on any atom is 0.222 e. The number of hydrogen-bond acceptors (Lipinski definition) is 4. The van der Waals surface area contributed by atoms with E-state index in [0.29, 0.717) is 17.0 Å². The van der Waals surface area contributed by atoms with Gasteiger partial charge in [-0.2, -0.15) is 0 Å². The number of aromatic amines is 1. The number of aromatic nitrogens is 4. The summed E-state index contributed by atoms with van der Waals surface area (Å²) in [5.41, 5.74) is 2.39. The Bertz CT molecular complexity index is 507. The zero-order valence-corrected chi connectivity index (χ0v) is 9.91. The van der Waals surface area contributed by atoms with Gasteiger partial charge in [0.05, 0.1) is 29.4 Å². The summed E-state index contributed by atoms with van der Waals surface area (Å²) in [4.78, 5) is 15.7. The summed E-state index contributed by atoms with van der Waals surface area (Å²) in [6.07, 6.45) is 7.92. The Balaban J connectivity index is 1.69. The quantitative estimate of drug-likeness (QED) is 0.852. The molecule has 0 bridgehead atoms. The zero-order chi connectivity index (χ0) is 11.7. The third-order valence-electron chi connectivity index (χ3n) is 2.94. The van der Waals surface area contributed by atoms with Crippen LogP contribution in [0.2, 0.25) is 5.02 Å². The number of anilines is 1. The van der Waals surface area contributed by atoms with Gasteiger partial charge in [0, 0.05) is 18.2 Å². The first-order chi connectivity index (χ1) is 8.31. The molecule has 1 aliphatic carbocycles. The fraction of sp³-hybridized carbons (Fsp3) is 0.364. The summed E-state index contributed by atoms with van der Waals surface area (Å²) < 4.78 is 0. The van der Waals surface area contributed by atoms with Crippen LogP contribution < -0.4 is 5.32 Å². The molecule has 0 amide bonds. The van der Waals surface area contributed by atoms with Crippen molar-refractivity contribution in [3.8, 4) is 0 Å². The fourth-order valence-corrected chi connectivity index (χ4v) is 2.19. The van der Waals surface area contributed by atoms with E-state index in [1.165, 1.54) is 11.4 Å². The normalized spacial score (nSPS) is 18.8. The van der Waals surface area contributed by atoms with Gasteiger partial charge in [-0.25, -0.2) is 15.0 Å². The van der Waals surface area contributed by atoms with Gasteiger partial charge in [-0.05, 0) is 12.8 Å². The van der Waals surface area contributed by atoms with E-state index in [2.05, 4.69) is 25.3 Å². The second kappa shape index (κ2) is 4.33. The Kier molecular flexibility index (Phi) is 2.68. The van der Waals surface area contributed by atoms with Crippen molar-refractivity contribution >= 4 is 17.5 Å². The van der Waals surface area contributed by atoms with E-state index in [-0.39, 0.29) is 0 Å². The molecule has 3 rings (SSSR count). The molecule has 0 aromatic carbocycles. The van der Waals surface area contributed by atoms with Gasteiger partial charge in [-0.15, -0.1) is 0 Å². The van der Waals surface area contributed by atoms with E-state index in [1.54, 1.807) is 18.7 Å². The number of nitrogens with one attached hydrogen (secondary N) is 2. The van der Waals surface area contributed by atoms with Crippen molar-refractivity contribution in [1.82, 2.24) is 19.9 Å². The lowest BCUT2D eigenvalue weighted by molar-refractivity contribution is 0.593. The third-order valence-corrected chi connectivity index (χ3v) is 3.14. The summed E-state index contributed by atoms with van der Waals surface area (Å²) in [6, 6.07) is 0.351. The van der Waals surface area contributed by atoms with Gasteiger partial charge in [-0.3, -0.25) is 0 Å². The van der Waals surface area contributed by atoms with Gasteiger partial charge >= 0.3 is 0 Å². The van der Waals surface area contributed by atoms with E-state index in [1.807, 2.05) is 0 Å². The van der Waals surface area contributed by atoms with E-state index in [9.17, 15) is 0 Å². The minimum absolute atomic E-state index is 0.351. The highest BCUT2D eigenvalue weighted by molar-refractivity contribution is 6.30. The Morgan fingerprint density at radius 3 is 2.94 bits per heavy atom. The molecule has 1 unspecified atom stereocenters. The van der Waals surface area contributed by atoms with Crippen LogP contribution >= 0.6 is 11.6 Å². The van der Waals surface area contributed by atoms with Gasteiger partial charge in [-0.1, -0.05) is 11.6 Å². The number of hydrogen-bond donors (Lipinski definition) is 2. The van der Waals surface area contributed by atoms with Gasteiger partial charge in [0.1, 0.15) is 0 Å². The largest absolute Gasteiger partial charge is 0.351 e. The number of nitrogens with zero attached hydrogens (tertiary/aromatic N) is 3. The molecule has 2 heterocycles. The third kappa shape index (κ3) is 2.24. The molecular weight excluding hydrogens is 238 g/mol. The van der Waals surface area contributed by atoms with Crippen molar-refractivity contribution in [2.45, 2.75) is 25.3 Å². The van der Waals surface area contributed by atoms with Crippen molar-refractivity contribution in [2.75, 3.05) is 5.32 Å². The average Bonchev–Trinajstić information content (AvgIpc) is 2.79. The molecule has 5 nitrogen and oxygen atoms in total. The Morgan fingerprint density at radius 1 is 1.29 bits per heavy atom. The minimum atomic E-state index is 0.351. The van der Waals surface area contributed by atoms with Crippen molar-refractivity contribution < 1.29 is 0 Å². The molecule has 17 heavy (non-hydrogen) atoms. The minimum Gasteiger partial charge on any atom is -0.351 e. The van der Waals surface area contributed by atoms with Crippen LogP contribution in [0.1, 0.15) is 17.8 Å². The van der Waals surface area contributed by atoms with Crippen LogP contribution in [0.4, 0.5) is 5.95 Å². The molecule has 6 heteroatoms. The van der Waals surface area contributed by atoms with Crippen molar-refractivity contribution in [3.05, 3.63) is 35.1 Å². The number of fused-ring (bicyclic) bond motifs is 1.